The molecule has 0 radical (unpaired) electrons. The maximum absolute atomic E-state index is 12.1. The average Bonchev–Trinajstić information content (AvgIpc) is 3.10. The Morgan fingerprint density at radius 3 is 2.73 bits per heavy atom. The number of nitrogens with zero attached hydrogens (tertiary/aromatic N) is 5. The van der Waals surface area contributed by atoms with Crippen molar-refractivity contribution in [3.05, 3.63) is 66.2 Å². The van der Waals surface area contributed by atoms with Crippen LogP contribution in [0, 0.1) is 11.3 Å². The highest BCUT2D eigenvalue weighted by Crippen LogP contribution is 2.10. The standard InChI is InChI=1S/C15H10N6O/c16-8-11-3-1-4-12(7-11)14(22)20-13-9-17-15(18-10-13)21-6-2-5-19-21/h1-7,9-10H,(H,20,22). The Balaban J connectivity index is 1.75. The first-order valence-corrected chi connectivity index (χ1v) is 6.40. The van der Waals surface area contributed by atoms with Crippen LogP contribution < -0.4 is 5.32 Å². The normalized spacial score (nSPS) is 9.95. The summed E-state index contributed by atoms with van der Waals surface area (Å²) in [6.07, 6.45) is 6.34. The van der Waals surface area contributed by atoms with Crippen molar-refractivity contribution in [3.63, 3.8) is 0 Å². The maximum Gasteiger partial charge on any atom is 0.255 e. The van der Waals surface area contributed by atoms with Gasteiger partial charge in [-0.05, 0) is 24.3 Å². The van der Waals surface area contributed by atoms with Crippen LogP contribution in [0.5, 0.6) is 0 Å². The molecule has 1 N–H and O–H groups in total. The van der Waals surface area contributed by atoms with Crippen LogP contribution in [0.2, 0.25) is 0 Å². The number of amides is 1. The number of nitrogens with one attached hydrogen (secondary N) is 1. The van der Waals surface area contributed by atoms with Crippen LogP contribution in [0.15, 0.2) is 55.1 Å². The second kappa shape index (κ2) is 5.85. The quantitative estimate of drug-likeness (QED) is 0.793. The number of carbonyl (C=O) groups excluding carboxylic acids is 1. The van der Waals surface area contributed by atoms with Gasteiger partial charge in [-0.2, -0.15) is 10.4 Å². The first-order valence-electron chi connectivity index (χ1n) is 6.40. The maximum atomic E-state index is 12.1. The fraction of sp³-hybridized carbons (Fsp3) is 0. The Kier molecular flexibility index (Phi) is 3.58. The molecule has 7 heteroatoms. The number of carbonyl (C=O) groups is 1. The summed E-state index contributed by atoms with van der Waals surface area (Å²) >= 11 is 0. The second-order valence-corrected chi connectivity index (χ2v) is 4.37. The van der Waals surface area contributed by atoms with Gasteiger partial charge in [0.15, 0.2) is 0 Å². The van der Waals surface area contributed by atoms with Crippen LogP contribution in [0.4, 0.5) is 5.69 Å². The van der Waals surface area contributed by atoms with E-state index in [0.29, 0.717) is 22.8 Å². The molecular weight excluding hydrogens is 280 g/mol. The van der Waals surface area contributed by atoms with Gasteiger partial charge in [0, 0.05) is 18.0 Å². The summed E-state index contributed by atoms with van der Waals surface area (Å²) in [5.41, 5.74) is 1.29. The number of nitriles is 1. The van der Waals surface area contributed by atoms with Gasteiger partial charge >= 0.3 is 0 Å². The van der Waals surface area contributed by atoms with Crippen LogP contribution >= 0.6 is 0 Å². The van der Waals surface area contributed by atoms with Gasteiger partial charge in [0.05, 0.1) is 29.7 Å². The van der Waals surface area contributed by atoms with Gasteiger partial charge in [-0.15, -0.1) is 0 Å². The molecule has 3 aromatic rings. The van der Waals surface area contributed by atoms with Crippen molar-refractivity contribution in [1.82, 2.24) is 19.7 Å². The van der Waals surface area contributed by atoms with E-state index < -0.39 is 0 Å². The third kappa shape index (κ3) is 2.81. The Labute approximate surface area is 125 Å². The van der Waals surface area contributed by atoms with Gasteiger partial charge < -0.3 is 5.32 Å². The van der Waals surface area contributed by atoms with Crippen LogP contribution in [-0.2, 0) is 0 Å². The van der Waals surface area contributed by atoms with Crippen molar-refractivity contribution < 1.29 is 4.79 Å². The SMILES string of the molecule is N#Cc1cccc(C(=O)Nc2cnc(-n3cccn3)nc2)c1. The summed E-state index contributed by atoms with van der Waals surface area (Å²) in [6, 6.07) is 10.2. The number of aromatic nitrogens is 4. The number of hydrogen-bond donors (Lipinski definition) is 1. The van der Waals surface area contributed by atoms with Gasteiger partial charge in [0.25, 0.3) is 11.9 Å². The molecule has 0 saturated carbocycles. The minimum absolute atomic E-state index is 0.326. The summed E-state index contributed by atoms with van der Waals surface area (Å²) in [7, 11) is 0. The van der Waals surface area contributed by atoms with E-state index in [1.165, 1.54) is 23.1 Å². The smallest absolute Gasteiger partial charge is 0.255 e. The monoisotopic (exact) mass is 290 g/mol. The van der Waals surface area contributed by atoms with Gasteiger partial charge in [0.2, 0.25) is 0 Å². The molecule has 0 unspecified atom stereocenters. The van der Waals surface area contributed by atoms with Crippen molar-refractivity contribution in [3.8, 4) is 12.0 Å². The average molecular weight is 290 g/mol. The molecule has 2 aromatic heterocycles. The Morgan fingerprint density at radius 1 is 1.23 bits per heavy atom. The molecule has 1 amide bonds. The van der Waals surface area contributed by atoms with Crippen molar-refractivity contribution in [2.45, 2.75) is 0 Å². The number of hydrogen-bond acceptors (Lipinski definition) is 5. The largest absolute Gasteiger partial charge is 0.319 e. The van der Waals surface area contributed by atoms with E-state index >= 15 is 0 Å². The second-order valence-electron chi connectivity index (χ2n) is 4.37. The third-order valence-electron chi connectivity index (χ3n) is 2.86. The molecule has 0 aliphatic rings. The lowest BCUT2D eigenvalue weighted by molar-refractivity contribution is 0.102. The highest BCUT2D eigenvalue weighted by atomic mass is 16.1. The minimum Gasteiger partial charge on any atom is -0.319 e. The molecular formula is C15H10N6O. The zero-order chi connectivity index (χ0) is 15.4. The first kappa shape index (κ1) is 13.5. The highest BCUT2D eigenvalue weighted by Gasteiger charge is 2.08. The summed E-state index contributed by atoms with van der Waals surface area (Å²) < 4.78 is 1.52. The molecule has 0 saturated heterocycles. The Bertz CT molecular complexity index is 833. The van der Waals surface area contributed by atoms with E-state index in [2.05, 4.69) is 20.4 Å². The molecule has 0 fully saturated rings. The Hall–Kier alpha value is -3.53. The Morgan fingerprint density at radius 2 is 2.05 bits per heavy atom. The molecule has 0 spiro atoms. The molecule has 106 valence electrons. The molecule has 0 bridgehead atoms. The third-order valence-corrected chi connectivity index (χ3v) is 2.86. The van der Waals surface area contributed by atoms with E-state index in [1.54, 1.807) is 36.7 Å². The van der Waals surface area contributed by atoms with E-state index in [0.717, 1.165) is 0 Å². The zero-order valence-corrected chi connectivity index (χ0v) is 11.3. The molecule has 3 rings (SSSR count). The molecule has 7 nitrogen and oxygen atoms in total. The fourth-order valence-electron chi connectivity index (χ4n) is 1.82. The molecule has 1 aromatic carbocycles. The number of rotatable bonds is 3. The summed E-state index contributed by atoms with van der Waals surface area (Å²) in [6.45, 7) is 0. The van der Waals surface area contributed by atoms with E-state index in [4.69, 9.17) is 5.26 Å². The van der Waals surface area contributed by atoms with Crippen molar-refractivity contribution in [2.24, 2.45) is 0 Å². The summed E-state index contributed by atoms with van der Waals surface area (Å²) in [4.78, 5) is 20.3. The van der Waals surface area contributed by atoms with E-state index in [9.17, 15) is 4.79 Å². The predicted molar refractivity (Wildman–Crippen MR) is 78.3 cm³/mol. The highest BCUT2D eigenvalue weighted by molar-refractivity contribution is 6.04. The molecule has 0 aliphatic carbocycles. The molecule has 0 atom stereocenters. The van der Waals surface area contributed by atoms with Gasteiger partial charge in [0.1, 0.15) is 0 Å². The van der Waals surface area contributed by atoms with Crippen LogP contribution in [0.3, 0.4) is 0 Å². The number of anilines is 1. The molecule has 22 heavy (non-hydrogen) atoms. The van der Waals surface area contributed by atoms with Gasteiger partial charge in [-0.3, -0.25) is 4.79 Å². The van der Waals surface area contributed by atoms with Crippen LogP contribution in [0.1, 0.15) is 15.9 Å². The van der Waals surface area contributed by atoms with Crippen LogP contribution in [-0.4, -0.2) is 25.7 Å². The predicted octanol–water partition coefficient (Wildman–Crippen LogP) is 1.79. The van der Waals surface area contributed by atoms with Gasteiger partial charge in [-0.25, -0.2) is 14.6 Å². The number of benzene rings is 1. The van der Waals surface area contributed by atoms with Crippen molar-refractivity contribution >= 4 is 11.6 Å². The van der Waals surface area contributed by atoms with Crippen molar-refractivity contribution in [1.29, 1.82) is 5.26 Å². The fourth-order valence-corrected chi connectivity index (χ4v) is 1.82. The van der Waals surface area contributed by atoms with Gasteiger partial charge in [-0.1, -0.05) is 6.07 Å². The van der Waals surface area contributed by atoms with Crippen LogP contribution in [0.25, 0.3) is 5.95 Å². The lowest BCUT2D eigenvalue weighted by Gasteiger charge is -2.05. The minimum atomic E-state index is -0.326. The lowest BCUT2D eigenvalue weighted by Crippen LogP contribution is -2.13. The topological polar surface area (TPSA) is 96.5 Å². The lowest BCUT2D eigenvalue weighted by atomic mass is 10.1. The zero-order valence-electron chi connectivity index (χ0n) is 11.3. The summed E-state index contributed by atoms with van der Waals surface area (Å²) in [5.74, 6) is 0.0852. The van der Waals surface area contributed by atoms with E-state index in [1.807, 2.05) is 6.07 Å². The molecule has 0 aliphatic heterocycles. The van der Waals surface area contributed by atoms with E-state index in [-0.39, 0.29) is 5.91 Å². The molecule has 2 heterocycles. The summed E-state index contributed by atoms with van der Waals surface area (Å²) in [5, 5.41) is 15.5. The van der Waals surface area contributed by atoms with Crippen molar-refractivity contribution in [2.75, 3.05) is 5.32 Å². The first-order chi connectivity index (χ1) is 10.8.